The average molecular weight is 385 g/mol. The van der Waals surface area contributed by atoms with Crippen LogP contribution in [0.4, 0.5) is 11.4 Å². The number of aromatic hydroxyl groups is 1. The zero-order chi connectivity index (χ0) is 15.4. The van der Waals surface area contributed by atoms with Crippen LogP contribution in [0.5, 0.6) is 5.75 Å². The van der Waals surface area contributed by atoms with E-state index >= 15 is 0 Å². The number of nitrogens with two attached hydrogens (primary N) is 1. The topological polar surface area (TPSA) is 70.6 Å². The molecular weight excluding hydrogens is 374 g/mol. The molecule has 0 unspecified atom stereocenters. The Balaban J connectivity index is 2.20. The van der Waals surface area contributed by atoms with E-state index in [4.69, 9.17) is 29.6 Å². The first-order chi connectivity index (χ1) is 9.95. The van der Waals surface area contributed by atoms with Crippen molar-refractivity contribution >= 4 is 62.5 Å². The van der Waals surface area contributed by atoms with Gasteiger partial charge in [0.2, 0.25) is 0 Å². The maximum absolute atomic E-state index is 9.86. The van der Waals surface area contributed by atoms with Gasteiger partial charge in [-0.25, -0.2) is 0 Å². The molecule has 0 aliphatic heterocycles. The van der Waals surface area contributed by atoms with Crippen LogP contribution < -0.4 is 11.1 Å². The van der Waals surface area contributed by atoms with E-state index in [1.165, 1.54) is 0 Å². The minimum Gasteiger partial charge on any atom is -0.506 e. The molecule has 7 heteroatoms. The number of hydrogen-bond acceptors (Lipinski definition) is 3. The number of nitrogens with zero attached hydrogens (tertiary/aromatic N) is 1. The average Bonchev–Trinajstić information content (AvgIpc) is 2.42. The molecule has 0 aliphatic carbocycles. The van der Waals surface area contributed by atoms with E-state index in [-0.39, 0.29) is 15.9 Å². The number of rotatable bonds is 3. The van der Waals surface area contributed by atoms with E-state index in [0.29, 0.717) is 5.56 Å². The number of phenols is 1. The highest BCUT2D eigenvalue weighted by molar-refractivity contribution is 9.10. The first-order valence-corrected chi connectivity index (χ1v) is 7.42. The Hall–Kier alpha value is -1.63. The lowest BCUT2D eigenvalue weighted by molar-refractivity contribution is 0.474. The fourth-order valence-corrected chi connectivity index (χ4v) is 2.55. The Bertz CT molecular complexity index is 704. The first kappa shape index (κ1) is 15.8. The molecule has 21 heavy (non-hydrogen) atoms. The van der Waals surface area contributed by atoms with E-state index < -0.39 is 0 Å². The second kappa shape index (κ2) is 6.89. The third-order valence-corrected chi connectivity index (χ3v) is 3.39. The van der Waals surface area contributed by atoms with Crippen molar-refractivity contribution < 1.29 is 5.11 Å². The minimum absolute atomic E-state index is 0.00427. The van der Waals surface area contributed by atoms with Gasteiger partial charge in [-0.05, 0) is 48.6 Å². The molecule has 0 bridgehead atoms. The molecule has 0 amide bonds. The van der Waals surface area contributed by atoms with Crippen LogP contribution in [0.25, 0.3) is 0 Å². The Morgan fingerprint density at radius 1 is 1.33 bits per heavy atom. The van der Waals surface area contributed by atoms with Crippen molar-refractivity contribution in [2.24, 2.45) is 10.7 Å². The van der Waals surface area contributed by atoms with Crippen LogP contribution in [0.1, 0.15) is 5.56 Å². The number of halogens is 2. The van der Waals surface area contributed by atoms with Crippen molar-refractivity contribution in [3.8, 4) is 5.75 Å². The third-order valence-electron chi connectivity index (χ3n) is 2.55. The summed E-state index contributed by atoms with van der Waals surface area (Å²) in [5.74, 6) is -0.00427. The molecule has 4 N–H and O–H groups in total. The number of thiocarbonyl (C=S) groups is 1. The van der Waals surface area contributed by atoms with E-state index in [1.807, 2.05) is 0 Å². The predicted molar refractivity (Wildman–Crippen MR) is 94.9 cm³/mol. The summed E-state index contributed by atoms with van der Waals surface area (Å²) in [7, 11) is 0. The molecule has 4 nitrogen and oxygen atoms in total. The van der Waals surface area contributed by atoms with Gasteiger partial charge in [-0.3, -0.25) is 4.99 Å². The van der Waals surface area contributed by atoms with E-state index in [2.05, 4.69) is 26.2 Å². The van der Waals surface area contributed by atoms with Crippen LogP contribution in [-0.2, 0) is 0 Å². The molecule has 0 aliphatic rings. The standard InChI is InChI=1S/C14H11BrClN3OS/c15-9-5-8(13(20)12(16)6-9)7-18-10-1-3-11(4-2-10)19-14(17)21/h1-7,20H,(H3,17,19,21). The van der Waals surface area contributed by atoms with Crippen LogP contribution in [0, 0.1) is 0 Å². The lowest BCUT2D eigenvalue weighted by Crippen LogP contribution is -2.18. The van der Waals surface area contributed by atoms with Gasteiger partial charge in [0.25, 0.3) is 0 Å². The molecule has 0 aromatic heterocycles. The smallest absolute Gasteiger partial charge is 0.168 e. The van der Waals surface area contributed by atoms with E-state index in [0.717, 1.165) is 15.8 Å². The van der Waals surface area contributed by atoms with Crippen LogP contribution in [0.2, 0.25) is 5.02 Å². The Morgan fingerprint density at radius 3 is 2.62 bits per heavy atom. The molecule has 108 valence electrons. The van der Waals surface area contributed by atoms with Crippen molar-refractivity contribution in [2.45, 2.75) is 0 Å². The second-order valence-electron chi connectivity index (χ2n) is 4.12. The molecule has 0 heterocycles. The molecule has 0 radical (unpaired) electrons. The summed E-state index contributed by atoms with van der Waals surface area (Å²) in [5.41, 5.74) is 7.42. The van der Waals surface area contributed by atoms with Crippen LogP contribution in [0.3, 0.4) is 0 Å². The van der Waals surface area contributed by atoms with Crippen LogP contribution in [-0.4, -0.2) is 16.4 Å². The number of aliphatic imine (C=N–C) groups is 1. The molecule has 2 aromatic carbocycles. The van der Waals surface area contributed by atoms with Crippen molar-refractivity contribution in [2.75, 3.05) is 5.32 Å². The highest BCUT2D eigenvalue weighted by Crippen LogP contribution is 2.30. The lowest BCUT2D eigenvalue weighted by Gasteiger charge is -2.04. The molecule has 2 rings (SSSR count). The van der Waals surface area contributed by atoms with Gasteiger partial charge >= 0.3 is 0 Å². The summed E-state index contributed by atoms with van der Waals surface area (Å²) in [5, 5.41) is 13.2. The van der Waals surface area contributed by atoms with Gasteiger partial charge in [0.05, 0.1) is 10.7 Å². The zero-order valence-electron chi connectivity index (χ0n) is 10.7. The molecule has 2 aromatic rings. The summed E-state index contributed by atoms with van der Waals surface area (Å²) in [6.45, 7) is 0. The fourth-order valence-electron chi connectivity index (χ4n) is 1.60. The summed E-state index contributed by atoms with van der Waals surface area (Å²) in [6, 6.07) is 10.6. The number of benzene rings is 2. The van der Waals surface area contributed by atoms with E-state index in [1.54, 1.807) is 42.6 Å². The van der Waals surface area contributed by atoms with Gasteiger partial charge < -0.3 is 16.2 Å². The third kappa shape index (κ3) is 4.42. The molecule has 0 saturated heterocycles. The molecule has 0 spiro atoms. The molecule has 0 saturated carbocycles. The normalized spacial score (nSPS) is 10.8. The van der Waals surface area contributed by atoms with Gasteiger partial charge in [0.1, 0.15) is 5.75 Å². The monoisotopic (exact) mass is 383 g/mol. The summed E-state index contributed by atoms with van der Waals surface area (Å²) in [4.78, 5) is 4.28. The maximum Gasteiger partial charge on any atom is 0.168 e. The van der Waals surface area contributed by atoms with Gasteiger partial charge in [0, 0.05) is 21.9 Å². The number of phenolic OH excluding ortho intramolecular Hbond substituents is 1. The van der Waals surface area contributed by atoms with Crippen LogP contribution in [0.15, 0.2) is 45.9 Å². The molecular formula is C14H11BrClN3OS. The van der Waals surface area contributed by atoms with Gasteiger partial charge in [0.15, 0.2) is 5.11 Å². The van der Waals surface area contributed by atoms with Crippen LogP contribution >= 0.6 is 39.7 Å². The first-order valence-electron chi connectivity index (χ1n) is 5.84. The number of nitrogens with one attached hydrogen (secondary N) is 1. The summed E-state index contributed by atoms with van der Waals surface area (Å²) in [6.07, 6.45) is 1.54. The van der Waals surface area contributed by atoms with Crippen molar-refractivity contribution in [3.05, 3.63) is 51.5 Å². The van der Waals surface area contributed by atoms with Gasteiger partial charge in [-0.2, -0.15) is 0 Å². The number of hydrogen-bond donors (Lipinski definition) is 3. The Morgan fingerprint density at radius 2 is 2.00 bits per heavy atom. The minimum atomic E-state index is -0.00427. The van der Waals surface area contributed by atoms with Crippen molar-refractivity contribution in [1.29, 1.82) is 0 Å². The molecule has 0 fully saturated rings. The maximum atomic E-state index is 9.86. The SMILES string of the molecule is NC(=S)Nc1ccc(N=Cc2cc(Br)cc(Cl)c2O)cc1. The largest absolute Gasteiger partial charge is 0.506 e. The molecule has 0 atom stereocenters. The zero-order valence-corrected chi connectivity index (χ0v) is 13.8. The predicted octanol–water partition coefficient (Wildman–Crippen LogP) is 4.21. The Kier molecular flexibility index (Phi) is 5.17. The highest BCUT2D eigenvalue weighted by atomic mass is 79.9. The quantitative estimate of drug-likeness (QED) is 0.547. The summed E-state index contributed by atoms with van der Waals surface area (Å²) < 4.78 is 0.766. The summed E-state index contributed by atoms with van der Waals surface area (Å²) >= 11 is 14.0. The van der Waals surface area contributed by atoms with Crippen molar-refractivity contribution in [3.63, 3.8) is 0 Å². The Labute approximate surface area is 140 Å². The van der Waals surface area contributed by atoms with Gasteiger partial charge in [-0.1, -0.05) is 27.5 Å². The second-order valence-corrected chi connectivity index (χ2v) is 5.88. The lowest BCUT2D eigenvalue weighted by atomic mass is 10.2. The number of anilines is 1. The van der Waals surface area contributed by atoms with E-state index in [9.17, 15) is 5.11 Å². The van der Waals surface area contributed by atoms with Gasteiger partial charge in [-0.15, -0.1) is 0 Å². The highest BCUT2D eigenvalue weighted by Gasteiger charge is 2.05. The van der Waals surface area contributed by atoms with Crippen molar-refractivity contribution in [1.82, 2.24) is 0 Å². The fraction of sp³-hybridized carbons (Fsp3) is 0.